The summed E-state index contributed by atoms with van der Waals surface area (Å²) in [4.78, 5) is 4.60. The molecule has 0 radical (unpaired) electrons. The average Bonchev–Trinajstić information content (AvgIpc) is 2.86. The first-order valence-electron chi connectivity index (χ1n) is 5.62. The minimum Gasteiger partial charge on any atom is -0.313 e. The maximum atomic E-state index is 4.60. The van der Waals surface area contributed by atoms with Crippen LogP contribution in [0.4, 0.5) is 0 Å². The smallest absolute Gasteiger partial charge is 0.182 e. The van der Waals surface area contributed by atoms with E-state index < -0.39 is 0 Å². The molecule has 4 heteroatoms. The molecule has 0 spiro atoms. The predicted molar refractivity (Wildman–Crippen MR) is 66.4 cm³/mol. The van der Waals surface area contributed by atoms with E-state index in [1.807, 2.05) is 28.8 Å². The molecule has 2 heterocycles. The predicted octanol–water partition coefficient (Wildman–Crippen LogP) is 2.51. The van der Waals surface area contributed by atoms with Crippen LogP contribution in [-0.2, 0) is 6.54 Å². The first-order chi connectivity index (χ1) is 8.38. The Morgan fingerprint density at radius 2 is 2.00 bits per heavy atom. The molecule has 4 nitrogen and oxygen atoms in total. The topological polar surface area (TPSA) is 43.6 Å². The Balaban J connectivity index is 2.18. The molecule has 0 bridgehead atoms. The van der Waals surface area contributed by atoms with Crippen LogP contribution in [0.5, 0.6) is 0 Å². The number of pyridine rings is 1. The van der Waals surface area contributed by atoms with Crippen LogP contribution in [0.2, 0.25) is 0 Å². The van der Waals surface area contributed by atoms with Crippen LogP contribution < -0.4 is 0 Å². The van der Waals surface area contributed by atoms with E-state index in [9.17, 15) is 0 Å². The zero-order chi connectivity index (χ0) is 11.7. The third kappa shape index (κ3) is 1.67. The second kappa shape index (κ2) is 3.97. The first-order valence-corrected chi connectivity index (χ1v) is 5.62. The van der Waals surface area contributed by atoms with Crippen LogP contribution in [0.25, 0.3) is 22.4 Å². The van der Waals surface area contributed by atoms with Gasteiger partial charge in [0.15, 0.2) is 5.82 Å². The van der Waals surface area contributed by atoms with E-state index >= 15 is 0 Å². The average molecular weight is 224 g/mol. The van der Waals surface area contributed by atoms with Gasteiger partial charge in [0.25, 0.3) is 0 Å². The fourth-order valence-corrected chi connectivity index (χ4v) is 1.88. The highest BCUT2D eigenvalue weighted by atomic mass is 15.3. The number of hydrogen-bond acceptors (Lipinski definition) is 3. The van der Waals surface area contributed by atoms with E-state index in [-0.39, 0.29) is 0 Å². The third-order valence-electron chi connectivity index (χ3n) is 2.78. The number of aryl methyl sites for hydroxylation is 1. The molecule has 0 amide bonds. The maximum Gasteiger partial charge on any atom is 0.182 e. The lowest BCUT2D eigenvalue weighted by atomic mass is 10.2. The number of nitrogens with zero attached hydrogens (tertiary/aromatic N) is 4. The van der Waals surface area contributed by atoms with Crippen molar-refractivity contribution in [2.75, 3.05) is 0 Å². The van der Waals surface area contributed by atoms with Gasteiger partial charge in [0.2, 0.25) is 0 Å². The van der Waals surface area contributed by atoms with Crippen LogP contribution in [0.1, 0.15) is 6.92 Å². The summed E-state index contributed by atoms with van der Waals surface area (Å²) in [6.07, 6.45) is 1.73. The Hall–Kier alpha value is -2.23. The molecule has 1 aromatic carbocycles. The standard InChI is InChI=1S/C13H12N4/c1-2-17-9-14-16-13(17)12-8-7-10-5-3-4-6-11(10)15-12/h3-9H,2H2,1H3. The Morgan fingerprint density at radius 1 is 1.12 bits per heavy atom. The van der Waals surface area contributed by atoms with Crippen LogP contribution in [0.3, 0.4) is 0 Å². The number of hydrogen-bond donors (Lipinski definition) is 0. The van der Waals surface area contributed by atoms with Crippen molar-refractivity contribution in [1.29, 1.82) is 0 Å². The van der Waals surface area contributed by atoms with Gasteiger partial charge in [-0.2, -0.15) is 0 Å². The second-order valence-electron chi connectivity index (χ2n) is 3.83. The number of benzene rings is 1. The van der Waals surface area contributed by atoms with Crippen LogP contribution >= 0.6 is 0 Å². The van der Waals surface area contributed by atoms with Crippen molar-refractivity contribution in [2.24, 2.45) is 0 Å². The molecule has 0 unspecified atom stereocenters. The van der Waals surface area contributed by atoms with Gasteiger partial charge in [-0.05, 0) is 19.1 Å². The van der Waals surface area contributed by atoms with Gasteiger partial charge in [-0.3, -0.25) is 0 Å². The number of rotatable bonds is 2. The molecule has 3 aromatic rings. The third-order valence-corrected chi connectivity index (χ3v) is 2.78. The number of fused-ring (bicyclic) bond motifs is 1. The summed E-state index contributed by atoms with van der Waals surface area (Å²) in [5.74, 6) is 0.818. The zero-order valence-electron chi connectivity index (χ0n) is 9.54. The number of para-hydroxylation sites is 1. The van der Waals surface area contributed by atoms with Crippen molar-refractivity contribution in [3.8, 4) is 11.5 Å². The molecule has 84 valence electrons. The van der Waals surface area contributed by atoms with Crippen molar-refractivity contribution in [3.63, 3.8) is 0 Å². The van der Waals surface area contributed by atoms with Crippen molar-refractivity contribution in [2.45, 2.75) is 13.5 Å². The van der Waals surface area contributed by atoms with Gasteiger partial charge in [-0.25, -0.2) is 4.98 Å². The van der Waals surface area contributed by atoms with Gasteiger partial charge in [0, 0.05) is 11.9 Å². The van der Waals surface area contributed by atoms with Crippen molar-refractivity contribution < 1.29 is 0 Å². The summed E-state index contributed by atoms with van der Waals surface area (Å²) in [5.41, 5.74) is 1.85. The van der Waals surface area contributed by atoms with E-state index in [1.165, 1.54) is 0 Å². The van der Waals surface area contributed by atoms with Gasteiger partial charge in [-0.1, -0.05) is 24.3 Å². The number of aromatic nitrogens is 4. The monoisotopic (exact) mass is 224 g/mol. The molecule has 0 aliphatic rings. The summed E-state index contributed by atoms with van der Waals surface area (Å²) in [6.45, 7) is 2.91. The Morgan fingerprint density at radius 3 is 2.88 bits per heavy atom. The highest BCUT2D eigenvalue weighted by Gasteiger charge is 2.07. The largest absolute Gasteiger partial charge is 0.313 e. The van der Waals surface area contributed by atoms with Crippen LogP contribution in [0.15, 0.2) is 42.7 Å². The summed E-state index contributed by atoms with van der Waals surface area (Å²) in [6, 6.07) is 12.1. The molecular formula is C13H12N4. The summed E-state index contributed by atoms with van der Waals surface area (Å²) < 4.78 is 1.98. The maximum absolute atomic E-state index is 4.60. The van der Waals surface area contributed by atoms with E-state index in [0.29, 0.717) is 0 Å². The zero-order valence-corrected chi connectivity index (χ0v) is 9.54. The molecule has 0 aliphatic heterocycles. The summed E-state index contributed by atoms with van der Waals surface area (Å²) in [7, 11) is 0. The lowest BCUT2D eigenvalue weighted by molar-refractivity contribution is 0.765. The van der Waals surface area contributed by atoms with E-state index in [4.69, 9.17) is 0 Å². The van der Waals surface area contributed by atoms with Gasteiger partial charge in [-0.15, -0.1) is 10.2 Å². The van der Waals surface area contributed by atoms with Crippen molar-refractivity contribution in [3.05, 3.63) is 42.7 Å². The Labute approximate surface area is 98.9 Å². The lowest BCUT2D eigenvalue weighted by Gasteiger charge is -2.03. The van der Waals surface area contributed by atoms with E-state index in [2.05, 4.69) is 34.2 Å². The summed E-state index contributed by atoms with van der Waals surface area (Å²) in [5, 5.41) is 9.17. The summed E-state index contributed by atoms with van der Waals surface area (Å²) >= 11 is 0. The van der Waals surface area contributed by atoms with E-state index in [1.54, 1.807) is 6.33 Å². The minimum absolute atomic E-state index is 0.818. The van der Waals surface area contributed by atoms with Crippen LogP contribution in [0, 0.1) is 0 Å². The Kier molecular flexibility index (Phi) is 2.33. The molecule has 3 rings (SSSR count). The fraction of sp³-hybridized carbons (Fsp3) is 0.154. The van der Waals surface area contributed by atoms with Crippen molar-refractivity contribution in [1.82, 2.24) is 19.7 Å². The van der Waals surface area contributed by atoms with E-state index in [0.717, 1.165) is 29.0 Å². The second-order valence-corrected chi connectivity index (χ2v) is 3.83. The quantitative estimate of drug-likeness (QED) is 0.671. The molecule has 0 saturated heterocycles. The molecule has 0 N–H and O–H groups in total. The minimum atomic E-state index is 0.818. The molecule has 0 fully saturated rings. The lowest BCUT2D eigenvalue weighted by Crippen LogP contribution is -1.97. The van der Waals surface area contributed by atoms with Gasteiger partial charge in [0.1, 0.15) is 12.0 Å². The first kappa shape index (κ1) is 9.96. The van der Waals surface area contributed by atoms with Gasteiger partial charge < -0.3 is 4.57 Å². The molecule has 0 aliphatic carbocycles. The highest BCUT2D eigenvalue weighted by Crippen LogP contribution is 2.18. The molecule has 0 atom stereocenters. The SMILES string of the molecule is CCn1cnnc1-c1ccc2ccccc2n1. The molecule has 2 aromatic heterocycles. The van der Waals surface area contributed by atoms with Gasteiger partial charge in [0.05, 0.1) is 5.52 Å². The fourth-order valence-electron chi connectivity index (χ4n) is 1.88. The molecule has 0 saturated carbocycles. The van der Waals surface area contributed by atoms with Crippen molar-refractivity contribution >= 4 is 10.9 Å². The molecule has 17 heavy (non-hydrogen) atoms. The molecular weight excluding hydrogens is 212 g/mol. The Bertz CT molecular complexity index is 657. The van der Waals surface area contributed by atoms with Crippen LogP contribution in [-0.4, -0.2) is 19.7 Å². The normalized spacial score (nSPS) is 10.9. The van der Waals surface area contributed by atoms with Gasteiger partial charge >= 0.3 is 0 Å². The highest BCUT2D eigenvalue weighted by molar-refractivity contribution is 5.80.